The number of amides is 2. The summed E-state index contributed by atoms with van der Waals surface area (Å²) in [5.74, 6) is -1.64. The number of carbonyl (C=O) groups excluding carboxylic acids is 2. The molecule has 0 aliphatic carbocycles. The highest BCUT2D eigenvalue weighted by molar-refractivity contribution is 8.01. The summed E-state index contributed by atoms with van der Waals surface area (Å²) in [6.07, 6.45) is 0.722. The number of carboxylic acid groups (broad SMARTS) is 1. The molecule has 0 bridgehead atoms. The van der Waals surface area contributed by atoms with E-state index in [1.165, 1.54) is 39.8 Å². The van der Waals surface area contributed by atoms with Crippen molar-refractivity contribution in [2.24, 2.45) is 0 Å². The maximum Gasteiger partial charge on any atom is 0.352 e. The van der Waals surface area contributed by atoms with E-state index in [4.69, 9.17) is 0 Å². The highest BCUT2D eigenvalue weighted by atomic mass is 32.2. The molecule has 4 heterocycles. The summed E-state index contributed by atoms with van der Waals surface area (Å²) in [4.78, 5) is 38.2. The number of hydrogen-bond acceptors (Lipinski definition) is 9. The van der Waals surface area contributed by atoms with E-state index >= 15 is 0 Å². The van der Waals surface area contributed by atoms with Crippen molar-refractivity contribution in [3.05, 3.63) is 34.5 Å². The quantitative estimate of drug-likeness (QED) is 0.254. The summed E-state index contributed by atoms with van der Waals surface area (Å²) in [6.45, 7) is 1.96. The highest BCUT2D eigenvalue weighted by Crippen LogP contribution is 2.41. The number of nitrogens with zero attached hydrogens (tertiary/aromatic N) is 3. The van der Waals surface area contributed by atoms with Gasteiger partial charge < -0.3 is 15.0 Å². The summed E-state index contributed by atoms with van der Waals surface area (Å²) in [7, 11) is 0. The Kier molecular flexibility index (Phi) is 7.14. The molecule has 2 unspecified atom stereocenters. The Balaban J connectivity index is 1.41. The summed E-state index contributed by atoms with van der Waals surface area (Å²) in [6, 6.07) is 2.61. The number of hydrogen-bond donors (Lipinski definition) is 3. The molecule has 1 saturated heterocycles. The van der Waals surface area contributed by atoms with Crippen LogP contribution in [0, 0.1) is 0 Å². The zero-order valence-corrected chi connectivity index (χ0v) is 20.0. The molecule has 2 aromatic heterocycles. The number of aromatic nitrogens is 3. The SMILES string of the molecule is CCc1[nH]nnc1SCC1=C(C(=O)O)N2C(=O)C(NC(=O)C[S+]([O-])c3cccs3)[C@@H]2SC1. The van der Waals surface area contributed by atoms with Gasteiger partial charge in [0.15, 0.2) is 5.75 Å². The van der Waals surface area contributed by atoms with Crippen molar-refractivity contribution in [1.29, 1.82) is 0 Å². The molecule has 1 fully saturated rings. The maximum atomic E-state index is 12.7. The van der Waals surface area contributed by atoms with Gasteiger partial charge in [-0.1, -0.05) is 35.2 Å². The minimum atomic E-state index is -1.48. The molecular weight excluding hydrogens is 494 g/mol. The van der Waals surface area contributed by atoms with Gasteiger partial charge in [0, 0.05) is 28.7 Å². The van der Waals surface area contributed by atoms with E-state index < -0.39 is 40.4 Å². The van der Waals surface area contributed by atoms with Crippen molar-refractivity contribution in [1.82, 2.24) is 25.6 Å². The number of nitrogens with one attached hydrogen (secondary N) is 2. The fourth-order valence-corrected chi connectivity index (χ4v) is 7.74. The lowest BCUT2D eigenvalue weighted by Gasteiger charge is -2.49. The number of carbonyl (C=O) groups is 3. The van der Waals surface area contributed by atoms with Gasteiger partial charge >= 0.3 is 5.97 Å². The Bertz CT molecular complexity index is 1060. The van der Waals surface area contributed by atoms with Crippen molar-refractivity contribution in [2.45, 2.75) is 34.0 Å². The minimum Gasteiger partial charge on any atom is -0.610 e. The smallest absolute Gasteiger partial charge is 0.352 e. The van der Waals surface area contributed by atoms with Crippen LogP contribution in [0.4, 0.5) is 0 Å². The lowest BCUT2D eigenvalue weighted by atomic mass is 10.0. The number of rotatable bonds is 9. The number of thiophene rings is 1. The Labute approximate surface area is 198 Å². The summed E-state index contributed by atoms with van der Waals surface area (Å²) < 4.78 is 12.8. The molecule has 0 spiro atoms. The second-order valence-corrected chi connectivity index (χ2v) is 11.6. The van der Waals surface area contributed by atoms with E-state index in [2.05, 4.69) is 20.7 Å². The molecule has 2 aliphatic rings. The average molecular weight is 514 g/mol. The lowest BCUT2D eigenvalue weighted by molar-refractivity contribution is -0.150. The van der Waals surface area contributed by atoms with Crippen molar-refractivity contribution in [3.63, 3.8) is 0 Å². The lowest BCUT2D eigenvalue weighted by Crippen LogP contribution is -2.70. The monoisotopic (exact) mass is 513 g/mol. The number of aryl methyl sites for hydroxylation is 1. The topological polar surface area (TPSA) is 151 Å². The predicted molar refractivity (Wildman–Crippen MR) is 122 cm³/mol. The molecule has 0 saturated carbocycles. The standard InChI is InChI=1S/C18H19N5O5S4/c1-2-10-15(21-22-20-10)30-6-9-7-31-17-13(16(25)23(17)14(9)18(26)27)19-11(24)8-32(28)12-4-3-5-29-12/h3-5,13,17H,2,6-8H2,1H3,(H,19,24)(H,26,27)(H,20,21,22)/t13?,17-,32?/m0/s1. The van der Waals surface area contributed by atoms with Gasteiger partial charge in [0.1, 0.15) is 22.1 Å². The normalized spacial score (nSPS) is 21.2. The van der Waals surface area contributed by atoms with Crippen LogP contribution in [0.1, 0.15) is 12.6 Å². The second kappa shape index (κ2) is 9.87. The number of β-lactam (4-membered cyclic amide) rings is 1. The first-order chi connectivity index (χ1) is 15.4. The predicted octanol–water partition coefficient (Wildman–Crippen LogP) is 1.07. The third-order valence-electron chi connectivity index (χ3n) is 4.87. The van der Waals surface area contributed by atoms with E-state index in [9.17, 15) is 24.0 Å². The fraction of sp³-hybridized carbons (Fsp3) is 0.389. The van der Waals surface area contributed by atoms with Gasteiger partial charge in [-0.15, -0.1) is 16.9 Å². The fourth-order valence-electron chi connectivity index (χ4n) is 3.33. The third kappa shape index (κ3) is 4.55. The number of fused-ring (bicyclic) bond motifs is 1. The van der Waals surface area contributed by atoms with E-state index in [-0.39, 0.29) is 11.4 Å². The largest absolute Gasteiger partial charge is 0.610 e. The van der Waals surface area contributed by atoms with Gasteiger partial charge in [0.25, 0.3) is 11.8 Å². The Morgan fingerprint density at radius 3 is 3.00 bits per heavy atom. The first-order valence-corrected chi connectivity index (χ1v) is 13.8. The van der Waals surface area contributed by atoms with Gasteiger partial charge in [0.2, 0.25) is 4.21 Å². The van der Waals surface area contributed by atoms with Crippen LogP contribution in [0.2, 0.25) is 0 Å². The molecule has 14 heteroatoms. The molecule has 170 valence electrons. The van der Waals surface area contributed by atoms with Crippen LogP contribution in [-0.4, -0.2) is 76.4 Å². The molecule has 4 rings (SSSR count). The van der Waals surface area contributed by atoms with Gasteiger partial charge in [-0.05, 0) is 23.4 Å². The number of carboxylic acids is 1. The Morgan fingerprint density at radius 2 is 2.31 bits per heavy atom. The van der Waals surface area contributed by atoms with Crippen molar-refractivity contribution < 1.29 is 24.0 Å². The van der Waals surface area contributed by atoms with Crippen LogP contribution >= 0.6 is 34.9 Å². The van der Waals surface area contributed by atoms with E-state index in [0.29, 0.717) is 26.3 Å². The minimum absolute atomic E-state index is 0.0412. The molecular formula is C18H19N5O5S4. The summed E-state index contributed by atoms with van der Waals surface area (Å²) in [5.41, 5.74) is 1.45. The molecule has 0 aromatic carbocycles. The van der Waals surface area contributed by atoms with Crippen LogP contribution in [0.3, 0.4) is 0 Å². The number of aliphatic carboxylic acids is 1. The Morgan fingerprint density at radius 1 is 1.50 bits per heavy atom. The average Bonchev–Trinajstić information content (AvgIpc) is 3.47. The first-order valence-electron chi connectivity index (χ1n) is 9.54. The summed E-state index contributed by atoms with van der Waals surface area (Å²) >= 11 is 2.58. The highest BCUT2D eigenvalue weighted by Gasteiger charge is 2.54. The molecule has 32 heavy (non-hydrogen) atoms. The van der Waals surface area contributed by atoms with E-state index in [0.717, 1.165) is 12.1 Å². The van der Waals surface area contributed by atoms with Crippen LogP contribution in [0.25, 0.3) is 0 Å². The number of thioether (sulfide) groups is 2. The molecule has 0 radical (unpaired) electrons. The van der Waals surface area contributed by atoms with Gasteiger partial charge in [-0.3, -0.25) is 19.6 Å². The van der Waals surface area contributed by atoms with Crippen molar-refractivity contribution >= 4 is 63.8 Å². The zero-order valence-electron chi connectivity index (χ0n) is 16.8. The number of aromatic amines is 1. The zero-order chi connectivity index (χ0) is 22.8. The van der Waals surface area contributed by atoms with Gasteiger partial charge in [0.05, 0.1) is 5.69 Å². The van der Waals surface area contributed by atoms with Crippen LogP contribution in [0.5, 0.6) is 0 Å². The van der Waals surface area contributed by atoms with Crippen molar-refractivity contribution in [2.75, 3.05) is 17.3 Å². The van der Waals surface area contributed by atoms with Gasteiger partial charge in [-0.2, -0.15) is 0 Å². The van der Waals surface area contributed by atoms with Gasteiger partial charge in [-0.25, -0.2) is 4.79 Å². The van der Waals surface area contributed by atoms with Crippen LogP contribution in [0.15, 0.2) is 38.0 Å². The molecule has 3 atom stereocenters. The number of H-pyrrole nitrogens is 1. The molecule has 3 N–H and O–H groups in total. The van der Waals surface area contributed by atoms with Crippen LogP contribution in [-0.2, 0) is 32.0 Å². The molecule has 2 aliphatic heterocycles. The molecule has 2 amide bonds. The third-order valence-corrected chi connectivity index (χ3v) is 9.92. The van der Waals surface area contributed by atoms with Crippen molar-refractivity contribution in [3.8, 4) is 0 Å². The first kappa shape index (κ1) is 23.2. The van der Waals surface area contributed by atoms with E-state index in [1.54, 1.807) is 17.5 Å². The van der Waals surface area contributed by atoms with E-state index in [1.807, 2.05) is 6.92 Å². The second-order valence-electron chi connectivity index (χ2n) is 6.87. The maximum absolute atomic E-state index is 12.7. The van der Waals surface area contributed by atoms with Crippen LogP contribution < -0.4 is 5.32 Å². The summed E-state index contributed by atoms with van der Waals surface area (Å²) in [5, 5.41) is 25.0. The molecule has 2 aromatic rings. The Hall–Kier alpha value is -2.00. The molecule has 10 nitrogen and oxygen atoms in total.